The van der Waals surface area contributed by atoms with E-state index in [4.69, 9.17) is 14.6 Å². The third-order valence-electron chi connectivity index (χ3n) is 5.53. The number of aromatic nitrogens is 1. The Hall–Kier alpha value is -4.85. The van der Waals surface area contributed by atoms with Crippen LogP contribution in [0.25, 0.3) is 16.9 Å². The van der Waals surface area contributed by atoms with Crippen molar-refractivity contribution in [3.05, 3.63) is 102 Å². The number of carbonyl (C=O) groups is 2. The molecule has 4 rings (SSSR count). The van der Waals surface area contributed by atoms with Crippen molar-refractivity contribution in [2.45, 2.75) is 13.8 Å². The van der Waals surface area contributed by atoms with Crippen LogP contribution < -0.4 is 14.9 Å². The fourth-order valence-electron chi connectivity index (χ4n) is 3.84. The molecule has 0 aliphatic rings. The number of carboxylic acid groups (broad SMARTS) is 1. The largest absolute Gasteiger partial charge is 0.490 e. The van der Waals surface area contributed by atoms with Crippen LogP contribution in [0.4, 0.5) is 0 Å². The summed E-state index contributed by atoms with van der Waals surface area (Å²) in [5.74, 6) is -0.714. The number of amides is 1. The molecule has 0 unspecified atom stereocenters. The van der Waals surface area contributed by atoms with E-state index in [2.05, 4.69) is 39.4 Å². The van der Waals surface area contributed by atoms with E-state index in [-0.39, 0.29) is 5.91 Å². The molecule has 0 saturated carbocycles. The molecule has 188 valence electrons. The number of aryl methyl sites for hydroxylation is 1. The first-order valence-corrected chi connectivity index (χ1v) is 11.8. The lowest BCUT2D eigenvalue weighted by Crippen LogP contribution is -2.17. The van der Waals surface area contributed by atoms with Crippen LogP contribution in [-0.2, 0) is 4.79 Å². The van der Waals surface area contributed by atoms with E-state index < -0.39 is 12.6 Å². The highest BCUT2D eigenvalue weighted by atomic mass is 16.5. The molecule has 0 radical (unpaired) electrons. The topological polar surface area (TPSA) is 102 Å². The van der Waals surface area contributed by atoms with Crippen LogP contribution in [0.2, 0.25) is 0 Å². The Labute approximate surface area is 214 Å². The number of rotatable bonds is 10. The second kappa shape index (κ2) is 11.7. The van der Waals surface area contributed by atoms with Crippen LogP contribution in [0.3, 0.4) is 0 Å². The molecule has 1 heterocycles. The van der Waals surface area contributed by atoms with Gasteiger partial charge < -0.3 is 19.1 Å². The lowest BCUT2D eigenvalue weighted by atomic mass is 10.1. The Bertz CT molecular complexity index is 1410. The van der Waals surface area contributed by atoms with E-state index in [1.54, 1.807) is 30.3 Å². The van der Waals surface area contributed by atoms with Gasteiger partial charge in [0.05, 0.1) is 18.5 Å². The maximum absolute atomic E-state index is 12.6. The second-order valence-corrected chi connectivity index (χ2v) is 8.13. The van der Waals surface area contributed by atoms with Gasteiger partial charge in [-0.15, -0.1) is 0 Å². The first-order chi connectivity index (χ1) is 18.0. The molecule has 4 aromatic rings. The smallest absolute Gasteiger partial charge is 0.341 e. The zero-order chi connectivity index (χ0) is 26.2. The molecule has 0 atom stereocenters. The summed E-state index contributed by atoms with van der Waals surface area (Å²) in [5, 5.41) is 12.9. The third kappa shape index (κ3) is 6.24. The SMILES string of the molecule is CCOc1cc(/C=N/NC(=O)c2ccc(-n3c(C)ccc3-c3ccccc3)cc2)ccc1OCC(=O)O. The number of nitrogens with one attached hydrogen (secondary N) is 1. The average molecular weight is 498 g/mol. The number of carbonyl (C=O) groups excluding carboxylic acids is 1. The summed E-state index contributed by atoms with van der Waals surface area (Å²) in [6.45, 7) is 3.77. The number of hydrogen-bond acceptors (Lipinski definition) is 5. The number of ether oxygens (including phenoxy) is 2. The van der Waals surface area contributed by atoms with E-state index in [0.717, 1.165) is 22.6 Å². The number of benzene rings is 3. The van der Waals surface area contributed by atoms with Gasteiger partial charge in [-0.05, 0) is 79.6 Å². The van der Waals surface area contributed by atoms with Crippen molar-refractivity contribution in [3.63, 3.8) is 0 Å². The summed E-state index contributed by atoms with van der Waals surface area (Å²) in [5.41, 5.74) is 7.88. The van der Waals surface area contributed by atoms with Gasteiger partial charge >= 0.3 is 5.97 Å². The van der Waals surface area contributed by atoms with Crippen LogP contribution in [0.5, 0.6) is 11.5 Å². The molecule has 3 aromatic carbocycles. The van der Waals surface area contributed by atoms with E-state index >= 15 is 0 Å². The van der Waals surface area contributed by atoms with Crippen LogP contribution in [-0.4, -0.2) is 41.0 Å². The summed E-state index contributed by atoms with van der Waals surface area (Å²) < 4.78 is 12.9. The molecular formula is C29H27N3O5. The maximum Gasteiger partial charge on any atom is 0.341 e. The Morgan fingerprint density at radius 1 is 0.946 bits per heavy atom. The standard InChI is InChI=1S/C29H27N3O5/c1-3-36-27-17-21(10-16-26(27)37-19-28(33)34)18-30-31-29(35)23-11-13-24(14-12-23)32-20(2)9-15-25(32)22-7-5-4-6-8-22/h4-18H,3,19H2,1-2H3,(H,31,35)(H,33,34)/b30-18+. The summed E-state index contributed by atoms with van der Waals surface area (Å²) >= 11 is 0. The van der Waals surface area contributed by atoms with Crippen molar-refractivity contribution in [1.82, 2.24) is 9.99 Å². The minimum Gasteiger partial charge on any atom is -0.490 e. The Balaban J connectivity index is 1.44. The van der Waals surface area contributed by atoms with Crippen molar-refractivity contribution >= 4 is 18.1 Å². The normalized spacial score (nSPS) is 10.9. The number of hydrogen-bond donors (Lipinski definition) is 2. The first kappa shape index (κ1) is 25.2. The highest BCUT2D eigenvalue weighted by molar-refractivity contribution is 5.95. The predicted octanol–water partition coefficient (Wildman–Crippen LogP) is 5.08. The van der Waals surface area contributed by atoms with Gasteiger partial charge in [0.25, 0.3) is 5.91 Å². The zero-order valence-corrected chi connectivity index (χ0v) is 20.5. The van der Waals surface area contributed by atoms with Gasteiger partial charge in [0, 0.05) is 16.9 Å². The van der Waals surface area contributed by atoms with Crippen LogP contribution in [0.1, 0.15) is 28.5 Å². The van der Waals surface area contributed by atoms with E-state index in [1.807, 2.05) is 44.2 Å². The molecule has 37 heavy (non-hydrogen) atoms. The highest BCUT2D eigenvalue weighted by Crippen LogP contribution is 2.28. The Morgan fingerprint density at radius 2 is 1.70 bits per heavy atom. The number of hydrazone groups is 1. The minimum atomic E-state index is -1.08. The average Bonchev–Trinajstić information content (AvgIpc) is 3.30. The van der Waals surface area contributed by atoms with Crippen molar-refractivity contribution in [2.75, 3.05) is 13.2 Å². The van der Waals surface area contributed by atoms with Gasteiger partial charge in [-0.25, -0.2) is 10.2 Å². The fraction of sp³-hybridized carbons (Fsp3) is 0.138. The lowest BCUT2D eigenvalue weighted by molar-refractivity contribution is -0.139. The van der Waals surface area contributed by atoms with Crippen LogP contribution >= 0.6 is 0 Å². The monoisotopic (exact) mass is 497 g/mol. The van der Waals surface area contributed by atoms with Gasteiger partial charge in [-0.1, -0.05) is 30.3 Å². The van der Waals surface area contributed by atoms with Crippen LogP contribution in [0, 0.1) is 6.92 Å². The second-order valence-electron chi connectivity index (χ2n) is 8.13. The maximum atomic E-state index is 12.6. The molecule has 0 aliphatic carbocycles. The van der Waals surface area contributed by atoms with Crippen LogP contribution in [0.15, 0.2) is 90.0 Å². The quantitative estimate of drug-likeness (QED) is 0.235. The first-order valence-electron chi connectivity index (χ1n) is 11.8. The predicted molar refractivity (Wildman–Crippen MR) is 142 cm³/mol. The molecule has 0 spiro atoms. The number of nitrogens with zero attached hydrogens (tertiary/aromatic N) is 2. The number of aliphatic carboxylic acids is 1. The van der Waals surface area contributed by atoms with Gasteiger partial charge in [0.2, 0.25) is 0 Å². The van der Waals surface area contributed by atoms with Crippen molar-refractivity contribution in [3.8, 4) is 28.4 Å². The molecule has 8 heteroatoms. The molecule has 0 aliphatic heterocycles. The van der Waals surface area contributed by atoms with Crippen molar-refractivity contribution in [1.29, 1.82) is 0 Å². The summed E-state index contributed by atoms with van der Waals surface area (Å²) in [6, 6.07) is 26.6. The molecular weight excluding hydrogens is 470 g/mol. The zero-order valence-electron chi connectivity index (χ0n) is 20.5. The third-order valence-corrected chi connectivity index (χ3v) is 5.53. The lowest BCUT2D eigenvalue weighted by Gasteiger charge is -2.13. The molecule has 8 nitrogen and oxygen atoms in total. The summed E-state index contributed by atoms with van der Waals surface area (Å²) in [6.07, 6.45) is 1.48. The molecule has 0 fully saturated rings. The molecule has 0 bridgehead atoms. The fourth-order valence-corrected chi connectivity index (χ4v) is 3.84. The minimum absolute atomic E-state index is 0.318. The molecule has 2 N–H and O–H groups in total. The van der Waals surface area contributed by atoms with Crippen molar-refractivity contribution in [2.24, 2.45) is 5.10 Å². The Morgan fingerprint density at radius 3 is 2.41 bits per heavy atom. The van der Waals surface area contributed by atoms with E-state index in [9.17, 15) is 9.59 Å². The summed E-state index contributed by atoms with van der Waals surface area (Å²) in [4.78, 5) is 23.4. The molecule has 1 amide bonds. The van der Waals surface area contributed by atoms with E-state index in [1.165, 1.54) is 6.21 Å². The summed E-state index contributed by atoms with van der Waals surface area (Å²) in [7, 11) is 0. The van der Waals surface area contributed by atoms with Gasteiger partial charge in [-0.3, -0.25) is 4.79 Å². The number of carboxylic acids is 1. The van der Waals surface area contributed by atoms with Gasteiger partial charge in [-0.2, -0.15) is 5.10 Å². The molecule has 0 saturated heterocycles. The highest BCUT2D eigenvalue weighted by Gasteiger charge is 2.11. The van der Waals surface area contributed by atoms with Gasteiger partial charge in [0.15, 0.2) is 18.1 Å². The van der Waals surface area contributed by atoms with E-state index in [0.29, 0.717) is 29.2 Å². The Kier molecular flexibility index (Phi) is 8.00. The van der Waals surface area contributed by atoms with Gasteiger partial charge in [0.1, 0.15) is 0 Å². The van der Waals surface area contributed by atoms with Crippen molar-refractivity contribution < 1.29 is 24.2 Å². The molecule has 1 aromatic heterocycles.